The summed E-state index contributed by atoms with van der Waals surface area (Å²) in [5.74, 6) is -0.528. The normalized spacial score (nSPS) is 13.0. The van der Waals surface area contributed by atoms with Gasteiger partial charge in [-0.3, -0.25) is 4.79 Å². The second-order valence-electron chi connectivity index (χ2n) is 5.58. The minimum Gasteiger partial charge on any atom is -0.351 e. The summed E-state index contributed by atoms with van der Waals surface area (Å²) in [5.41, 5.74) is 0.925. The van der Waals surface area contributed by atoms with E-state index in [-0.39, 0.29) is 16.0 Å². The number of sulfonamides is 1. The second kappa shape index (κ2) is 8.24. The lowest BCUT2D eigenvalue weighted by Gasteiger charge is -2.21. The Labute approximate surface area is 154 Å². The molecule has 130 valence electrons. The zero-order valence-corrected chi connectivity index (χ0v) is 16.5. The first-order valence-electron chi connectivity index (χ1n) is 7.38. The van der Waals surface area contributed by atoms with Crippen LogP contribution in [-0.2, 0) is 21.4 Å². The van der Waals surface area contributed by atoms with Gasteiger partial charge >= 0.3 is 0 Å². The predicted octanol–water partition coefficient (Wildman–Crippen LogP) is 3.13. The molecular formula is C16H19BrN2O3S2. The summed E-state index contributed by atoms with van der Waals surface area (Å²) in [6.45, 7) is 3.93. The minimum atomic E-state index is -3.70. The van der Waals surface area contributed by atoms with Gasteiger partial charge in [-0.15, -0.1) is 11.3 Å². The van der Waals surface area contributed by atoms with Crippen LogP contribution in [0.25, 0.3) is 0 Å². The minimum absolute atomic E-state index is 0.182. The molecule has 1 aromatic heterocycles. The van der Waals surface area contributed by atoms with Gasteiger partial charge in [0.25, 0.3) is 10.0 Å². The van der Waals surface area contributed by atoms with Gasteiger partial charge in [-0.25, -0.2) is 8.42 Å². The molecule has 24 heavy (non-hydrogen) atoms. The summed E-state index contributed by atoms with van der Waals surface area (Å²) in [5, 5.41) is 4.48. The molecule has 0 saturated carbocycles. The molecule has 0 aliphatic carbocycles. The molecule has 1 atom stereocenters. The van der Waals surface area contributed by atoms with Gasteiger partial charge in [-0.2, -0.15) is 4.72 Å². The van der Waals surface area contributed by atoms with E-state index in [1.165, 1.54) is 6.07 Å². The lowest BCUT2D eigenvalue weighted by atomic mass is 10.0. The van der Waals surface area contributed by atoms with E-state index in [0.717, 1.165) is 21.4 Å². The first kappa shape index (κ1) is 19.1. The third-order valence-corrected chi connectivity index (χ3v) is 7.01. The van der Waals surface area contributed by atoms with Gasteiger partial charge in [-0.05, 0) is 29.0 Å². The summed E-state index contributed by atoms with van der Waals surface area (Å²) in [6.07, 6.45) is 0. The largest absolute Gasteiger partial charge is 0.351 e. The first-order chi connectivity index (χ1) is 11.3. The zero-order chi connectivity index (χ0) is 17.7. The fourth-order valence-electron chi connectivity index (χ4n) is 2.07. The molecule has 0 bridgehead atoms. The monoisotopic (exact) mass is 430 g/mol. The number of nitrogens with one attached hydrogen (secondary N) is 2. The van der Waals surface area contributed by atoms with Gasteiger partial charge in [0.15, 0.2) is 0 Å². The summed E-state index contributed by atoms with van der Waals surface area (Å²) < 4.78 is 28.3. The number of halogens is 1. The Bertz CT molecular complexity index is 789. The molecule has 2 N–H and O–H groups in total. The highest BCUT2D eigenvalue weighted by molar-refractivity contribution is 9.10. The van der Waals surface area contributed by atoms with Crippen molar-refractivity contribution in [2.24, 2.45) is 5.92 Å². The number of amides is 1. The van der Waals surface area contributed by atoms with E-state index >= 15 is 0 Å². The molecule has 2 rings (SSSR count). The van der Waals surface area contributed by atoms with Gasteiger partial charge in [0.1, 0.15) is 10.3 Å². The van der Waals surface area contributed by atoms with Crippen molar-refractivity contribution in [3.63, 3.8) is 0 Å². The van der Waals surface area contributed by atoms with Crippen LogP contribution in [0.4, 0.5) is 0 Å². The number of hydrogen-bond acceptors (Lipinski definition) is 4. The van der Waals surface area contributed by atoms with Crippen LogP contribution in [0.2, 0.25) is 0 Å². The van der Waals surface area contributed by atoms with Crippen molar-refractivity contribution in [1.29, 1.82) is 0 Å². The standard InChI is InChI=1S/C16H19BrN2O3S2/c1-11(2)15(19-24(21,22)14-8-5-9-23-14)16(20)18-10-12-6-3-4-7-13(12)17/h3-9,11,15,19H,10H2,1-2H3,(H,18,20)/t15-/m0/s1. The van der Waals surface area contributed by atoms with Gasteiger partial charge in [0.05, 0.1) is 0 Å². The number of benzene rings is 1. The highest BCUT2D eigenvalue weighted by Crippen LogP contribution is 2.18. The van der Waals surface area contributed by atoms with Gasteiger partial charge < -0.3 is 5.32 Å². The van der Waals surface area contributed by atoms with Crippen molar-refractivity contribution in [1.82, 2.24) is 10.0 Å². The number of carbonyl (C=O) groups excluding carboxylic acids is 1. The average Bonchev–Trinajstić information content (AvgIpc) is 3.06. The molecule has 5 nitrogen and oxygen atoms in total. The third kappa shape index (κ3) is 4.89. The smallest absolute Gasteiger partial charge is 0.250 e. The molecule has 0 spiro atoms. The SMILES string of the molecule is CC(C)[C@H](NS(=O)(=O)c1cccs1)C(=O)NCc1ccccc1Br. The van der Waals surface area contributed by atoms with Crippen LogP contribution in [0.5, 0.6) is 0 Å². The summed E-state index contributed by atoms with van der Waals surface area (Å²) in [7, 11) is -3.70. The van der Waals surface area contributed by atoms with E-state index in [1.54, 1.807) is 25.3 Å². The van der Waals surface area contributed by atoms with Crippen LogP contribution >= 0.6 is 27.3 Å². The maximum absolute atomic E-state index is 12.5. The van der Waals surface area contributed by atoms with Gasteiger partial charge in [0, 0.05) is 11.0 Å². The topological polar surface area (TPSA) is 75.3 Å². The molecule has 2 aromatic rings. The Morgan fingerprint density at radius 2 is 1.92 bits per heavy atom. The fourth-order valence-corrected chi connectivity index (χ4v) is 4.85. The summed E-state index contributed by atoms with van der Waals surface area (Å²) in [6, 6.07) is 9.90. The van der Waals surface area contributed by atoms with Crippen molar-refractivity contribution in [3.8, 4) is 0 Å². The predicted molar refractivity (Wildman–Crippen MR) is 99.3 cm³/mol. The van der Waals surface area contributed by atoms with Crippen LogP contribution in [0.15, 0.2) is 50.5 Å². The maximum Gasteiger partial charge on any atom is 0.250 e. The summed E-state index contributed by atoms with van der Waals surface area (Å²) >= 11 is 4.54. The highest BCUT2D eigenvalue weighted by Gasteiger charge is 2.28. The third-order valence-electron chi connectivity index (χ3n) is 3.40. The van der Waals surface area contributed by atoms with Gasteiger partial charge in [-0.1, -0.05) is 54.0 Å². The van der Waals surface area contributed by atoms with E-state index in [1.807, 2.05) is 24.3 Å². The highest BCUT2D eigenvalue weighted by atomic mass is 79.9. The molecule has 1 aromatic carbocycles. The molecule has 0 aliphatic rings. The molecular weight excluding hydrogens is 412 g/mol. The van der Waals surface area contributed by atoms with Crippen LogP contribution in [-0.4, -0.2) is 20.4 Å². The number of carbonyl (C=O) groups is 1. The molecule has 1 amide bonds. The Hall–Kier alpha value is -1.22. The number of thiophene rings is 1. The Balaban J connectivity index is 2.07. The maximum atomic E-state index is 12.5. The van der Waals surface area contributed by atoms with E-state index in [2.05, 4.69) is 26.0 Å². The van der Waals surface area contributed by atoms with Crippen LogP contribution < -0.4 is 10.0 Å². The van der Waals surface area contributed by atoms with Crippen molar-refractivity contribution in [2.45, 2.75) is 30.6 Å². The molecule has 0 radical (unpaired) electrons. The van der Waals surface area contributed by atoms with E-state index < -0.39 is 16.1 Å². The molecule has 0 aliphatic heterocycles. The number of hydrogen-bond donors (Lipinski definition) is 2. The van der Waals surface area contributed by atoms with E-state index in [0.29, 0.717) is 6.54 Å². The zero-order valence-electron chi connectivity index (χ0n) is 13.3. The van der Waals surface area contributed by atoms with Gasteiger partial charge in [0.2, 0.25) is 5.91 Å². The fraction of sp³-hybridized carbons (Fsp3) is 0.312. The summed E-state index contributed by atoms with van der Waals surface area (Å²) in [4.78, 5) is 12.5. The molecule has 0 fully saturated rings. The van der Waals surface area contributed by atoms with E-state index in [4.69, 9.17) is 0 Å². The lowest BCUT2D eigenvalue weighted by Crippen LogP contribution is -2.49. The molecule has 8 heteroatoms. The number of rotatable bonds is 7. The quantitative estimate of drug-likeness (QED) is 0.708. The van der Waals surface area contributed by atoms with Crippen molar-refractivity contribution in [2.75, 3.05) is 0 Å². The van der Waals surface area contributed by atoms with E-state index in [9.17, 15) is 13.2 Å². The van der Waals surface area contributed by atoms with Crippen molar-refractivity contribution in [3.05, 3.63) is 51.8 Å². The van der Waals surface area contributed by atoms with Crippen LogP contribution in [0.3, 0.4) is 0 Å². The molecule has 0 unspecified atom stereocenters. The average molecular weight is 431 g/mol. The van der Waals surface area contributed by atoms with Crippen LogP contribution in [0.1, 0.15) is 19.4 Å². The Kier molecular flexibility index (Phi) is 6.56. The lowest BCUT2D eigenvalue weighted by molar-refractivity contribution is -0.123. The molecule has 0 saturated heterocycles. The first-order valence-corrected chi connectivity index (χ1v) is 10.5. The van der Waals surface area contributed by atoms with Crippen molar-refractivity contribution >= 4 is 43.2 Å². The van der Waals surface area contributed by atoms with Crippen LogP contribution in [0, 0.1) is 5.92 Å². The second-order valence-corrected chi connectivity index (χ2v) is 9.33. The molecule has 1 heterocycles. The Morgan fingerprint density at radius 1 is 1.21 bits per heavy atom. The Morgan fingerprint density at radius 3 is 2.50 bits per heavy atom. The van der Waals surface area contributed by atoms with Crippen molar-refractivity contribution < 1.29 is 13.2 Å².